The van der Waals surface area contributed by atoms with E-state index in [9.17, 15) is 19.7 Å². The molecule has 9 heteroatoms. The number of nitro groups is 1. The SMILES string of the molecule is COC(=O)c1ccc(N2C(=O)/C(=C\c3ccc([N+](=O)[O-])cc3)SC2=S)cc1. The van der Waals surface area contributed by atoms with Gasteiger partial charge in [-0.25, -0.2) is 4.79 Å². The number of anilines is 1. The third kappa shape index (κ3) is 3.88. The lowest BCUT2D eigenvalue weighted by Crippen LogP contribution is -2.27. The number of ether oxygens (including phenoxy) is 1. The fourth-order valence-corrected chi connectivity index (χ4v) is 3.70. The van der Waals surface area contributed by atoms with Crippen molar-refractivity contribution in [2.24, 2.45) is 0 Å². The van der Waals surface area contributed by atoms with E-state index in [1.54, 1.807) is 42.5 Å². The summed E-state index contributed by atoms with van der Waals surface area (Å²) in [6.45, 7) is 0. The lowest BCUT2D eigenvalue weighted by Gasteiger charge is -2.14. The number of thioether (sulfide) groups is 1. The van der Waals surface area contributed by atoms with Crippen LogP contribution in [0.2, 0.25) is 0 Å². The summed E-state index contributed by atoms with van der Waals surface area (Å²) in [4.78, 5) is 36.2. The minimum Gasteiger partial charge on any atom is -0.465 e. The molecule has 2 aromatic rings. The van der Waals surface area contributed by atoms with Gasteiger partial charge in [-0.05, 0) is 48.0 Å². The lowest BCUT2D eigenvalue weighted by atomic mass is 10.2. The molecule has 0 unspecified atom stereocenters. The molecule has 0 saturated carbocycles. The van der Waals surface area contributed by atoms with Gasteiger partial charge in [-0.1, -0.05) is 24.0 Å². The first-order valence-electron chi connectivity index (χ1n) is 7.61. The lowest BCUT2D eigenvalue weighted by molar-refractivity contribution is -0.384. The number of carbonyl (C=O) groups is 2. The molecule has 1 aliphatic rings. The van der Waals surface area contributed by atoms with Gasteiger partial charge in [0.15, 0.2) is 4.32 Å². The van der Waals surface area contributed by atoms with E-state index < -0.39 is 10.9 Å². The van der Waals surface area contributed by atoms with Crippen molar-refractivity contribution >= 4 is 57.6 Å². The Morgan fingerprint density at radius 3 is 2.37 bits per heavy atom. The van der Waals surface area contributed by atoms with E-state index in [1.165, 1.54) is 24.1 Å². The predicted molar refractivity (Wildman–Crippen MR) is 107 cm³/mol. The number of carbonyl (C=O) groups excluding carboxylic acids is 2. The summed E-state index contributed by atoms with van der Waals surface area (Å²) in [5.74, 6) is -0.765. The molecule has 0 bridgehead atoms. The zero-order chi connectivity index (χ0) is 19.6. The first-order valence-corrected chi connectivity index (χ1v) is 8.84. The Labute approximate surface area is 163 Å². The van der Waals surface area contributed by atoms with Crippen LogP contribution in [0.1, 0.15) is 15.9 Å². The topological polar surface area (TPSA) is 89.8 Å². The minimum atomic E-state index is -0.485. The first-order chi connectivity index (χ1) is 12.9. The second-order valence-corrected chi connectivity index (χ2v) is 7.08. The predicted octanol–water partition coefficient (Wildman–Crippen LogP) is 3.79. The Bertz CT molecular complexity index is 968. The number of rotatable bonds is 4. The molecule has 1 fully saturated rings. The van der Waals surface area contributed by atoms with Gasteiger partial charge in [0.1, 0.15) is 0 Å². The second-order valence-electron chi connectivity index (χ2n) is 5.40. The maximum Gasteiger partial charge on any atom is 0.337 e. The van der Waals surface area contributed by atoms with Crippen LogP contribution in [0.4, 0.5) is 11.4 Å². The number of nitrogens with zero attached hydrogens (tertiary/aromatic N) is 2. The van der Waals surface area contributed by atoms with E-state index in [-0.39, 0.29) is 11.6 Å². The van der Waals surface area contributed by atoms with Crippen LogP contribution >= 0.6 is 24.0 Å². The number of nitro benzene ring substituents is 1. The van der Waals surface area contributed by atoms with E-state index in [0.717, 1.165) is 11.8 Å². The number of thiocarbonyl (C=S) groups is 1. The van der Waals surface area contributed by atoms with Crippen LogP contribution in [0.15, 0.2) is 53.4 Å². The minimum absolute atomic E-state index is 0.0228. The van der Waals surface area contributed by atoms with Gasteiger partial charge in [0.2, 0.25) is 0 Å². The Hall–Kier alpha value is -3.04. The van der Waals surface area contributed by atoms with Crippen LogP contribution < -0.4 is 4.90 Å². The van der Waals surface area contributed by atoms with Crippen LogP contribution in [-0.2, 0) is 9.53 Å². The Kier molecular flexibility index (Phi) is 5.33. The molecule has 0 aromatic heterocycles. The average Bonchev–Trinajstić information content (AvgIpc) is 2.95. The molecule has 0 radical (unpaired) electrons. The smallest absolute Gasteiger partial charge is 0.337 e. The second kappa shape index (κ2) is 7.68. The molecule has 1 saturated heterocycles. The molecular formula is C18H12N2O5S2. The quantitative estimate of drug-likeness (QED) is 0.254. The third-order valence-electron chi connectivity index (χ3n) is 3.74. The number of amides is 1. The molecule has 0 atom stereocenters. The number of hydrogen-bond donors (Lipinski definition) is 0. The summed E-state index contributed by atoms with van der Waals surface area (Å²) >= 11 is 6.44. The third-order valence-corrected chi connectivity index (χ3v) is 5.04. The molecule has 2 aromatic carbocycles. The highest BCUT2D eigenvalue weighted by Crippen LogP contribution is 2.36. The van der Waals surface area contributed by atoms with Crippen molar-refractivity contribution in [1.82, 2.24) is 0 Å². The molecule has 1 heterocycles. The van der Waals surface area contributed by atoms with E-state index >= 15 is 0 Å². The van der Waals surface area contributed by atoms with Crippen LogP contribution in [0.3, 0.4) is 0 Å². The highest BCUT2D eigenvalue weighted by atomic mass is 32.2. The molecular weight excluding hydrogens is 388 g/mol. The van der Waals surface area contributed by atoms with Crippen molar-refractivity contribution in [2.45, 2.75) is 0 Å². The van der Waals surface area contributed by atoms with Gasteiger partial charge in [0.25, 0.3) is 11.6 Å². The number of methoxy groups -OCH3 is 1. The van der Waals surface area contributed by atoms with Crippen molar-refractivity contribution in [3.8, 4) is 0 Å². The summed E-state index contributed by atoms with van der Waals surface area (Å²) < 4.78 is 5.01. The molecule has 0 spiro atoms. The van der Waals surface area contributed by atoms with E-state index in [1.807, 2.05) is 0 Å². The summed E-state index contributed by atoms with van der Waals surface area (Å²) in [6, 6.07) is 12.2. The van der Waals surface area contributed by atoms with E-state index in [0.29, 0.717) is 26.0 Å². The molecule has 3 rings (SSSR count). The van der Waals surface area contributed by atoms with Gasteiger partial charge in [-0.3, -0.25) is 19.8 Å². The van der Waals surface area contributed by atoms with Crippen LogP contribution in [0.25, 0.3) is 6.08 Å². The number of hydrogen-bond acceptors (Lipinski definition) is 7. The highest BCUT2D eigenvalue weighted by Gasteiger charge is 2.33. The van der Waals surface area contributed by atoms with Crippen molar-refractivity contribution in [3.63, 3.8) is 0 Å². The molecule has 1 amide bonds. The number of benzene rings is 2. The first kappa shape index (κ1) is 18.7. The number of esters is 1. The van der Waals surface area contributed by atoms with Gasteiger partial charge < -0.3 is 4.74 Å². The molecule has 7 nitrogen and oxygen atoms in total. The normalized spacial score (nSPS) is 15.3. The van der Waals surface area contributed by atoms with Crippen molar-refractivity contribution < 1.29 is 19.2 Å². The maximum absolute atomic E-state index is 12.7. The standard InChI is InChI=1S/C18H12N2O5S2/c1-25-17(22)12-4-8-13(9-5-12)19-16(21)15(27-18(19)26)10-11-2-6-14(7-3-11)20(23)24/h2-10H,1H3/b15-10+. The van der Waals surface area contributed by atoms with Crippen molar-refractivity contribution in [2.75, 3.05) is 12.0 Å². The van der Waals surface area contributed by atoms with E-state index in [2.05, 4.69) is 4.74 Å². The van der Waals surface area contributed by atoms with Gasteiger partial charge in [0.05, 0.1) is 28.2 Å². The van der Waals surface area contributed by atoms with Crippen molar-refractivity contribution in [3.05, 3.63) is 74.7 Å². The van der Waals surface area contributed by atoms with Crippen molar-refractivity contribution in [1.29, 1.82) is 0 Å². The Morgan fingerprint density at radius 1 is 1.19 bits per heavy atom. The maximum atomic E-state index is 12.7. The highest BCUT2D eigenvalue weighted by molar-refractivity contribution is 8.27. The van der Waals surface area contributed by atoms with Gasteiger partial charge >= 0.3 is 5.97 Å². The molecule has 0 N–H and O–H groups in total. The molecule has 1 aliphatic heterocycles. The zero-order valence-corrected chi connectivity index (χ0v) is 15.6. The zero-order valence-electron chi connectivity index (χ0n) is 13.9. The number of non-ortho nitro benzene ring substituents is 1. The fourth-order valence-electron chi connectivity index (χ4n) is 2.40. The largest absolute Gasteiger partial charge is 0.465 e. The average molecular weight is 400 g/mol. The molecule has 136 valence electrons. The summed E-state index contributed by atoms with van der Waals surface area (Å²) in [7, 11) is 1.29. The van der Waals surface area contributed by atoms with E-state index in [4.69, 9.17) is 12.2 Å². The molecule has 27 heavy (non-hydrogen) atoms. The summed E-state index contributed by atoms with van der Waals surface area (Å²) in [5.41, 5.74) is 1.54. The van der Waals surface area contributed by atoms with Gasteiger partial charge in [-0.15, -0.1) is 0 Å². The van der Waals surface area contributed by atoms with Crippen LogP contribution in [0.5, 0.6) is 0 Å². The van der Waals surface area contributed by atoms with Crippen LogP contribution in [-0.4, -0.2) is 28.2 Å². The van der Waals surface area contributed by atoms with Gasteiger partial charge in [-0.2, -0.15) is 0 Å². The monoisotopic (exact) mass is 400 g/mol. The summed E-state index contributed by atoms with van der Waals surface area (Å²) in [6.07, 6.45) is 1.63. The van der Waals surface area contributed by atoms with Gasteiger partial charge in [0, 0.05) is 12.1 Å². The Morgan fingerprint density at radius 2 is 1.81 bits per heavy atom. The molecule has 0 aliphatic carbocycles. The van der Waals surface area contributed by atoms with Crippen LogP contribution in [0, 0.1) is 10.1 Å². The Balaban J connectivity index is 1.84. The fraction of sp³-hybridized carbons (Fsp3) is 0.0556. The summed E-state index contributed by atoms with van der Waals surface area (Å²) in [5, 5.41) is 10.7.